The molecule has 0 saturated carbocycles. The van der Waals surface area contributed by atoms with E-state index in [1.165, 1.54) is 0 Å². The molecule has 4 heteroatoms. The van der Waals surface area contributed by atoms with Gasteiger partial charge in [0, 0.05) is 12.6 Å². The van der Waals surface area contributed by atoms with Gasteiger partial charge in [0.05, 0.1) is 13.0 Å². The molecule has 16 heavy (non-hydrogen) atoms. The van der Waals surface area contributed by atoms with Gasteiger partial charge in [0.15, 0.2) is 0 Å². The molecule has 88 valence electrons. The lowest BCUT2D eigenvalue weighted by molar-refractivity contribution is -0.123. The Morgan fingerprint density at radius 2 is 2.12 bits per heavy atom. The number of carbonyl (C=O) groups is 1. The highest BCUT2D eigenvalue weighted by Gasteiger charge is 2.18. The summed E-state index contributed by atoms with van der Waals surface area (Å²) in [5.74, 6) is 0.415. The number of benzene rings is 1. The van der Waals surface area contributed by atoms with E-state index in [2.05, 4.69) is 10.9 Å². The predicted molar refractivity (Wildman–Crippen MR) is 63.3 cm³/mol. The third-order valence-electron chi connectivity index (χ3n) is 2.49. The summed E-state index contributed by atoms with van der Waals surface area (Å²) in [6.45, 7) is 3.84. The van der Waals surface area contributed by atoms with Crippen LogP contribution in [0.2, 0.25) is 0 Å². The molecule has 0 saturated heterocycles. The van der Waals surface area contributed by atoms with Crippen molar-refractivity contribution in [2.45, 2.75) is 19.8 Å². The average Bonchev–Trinajstić information content (AvgIpc) is 2.28. The Morgan fingerprint density at radius 3 is 2.69 bits per heavy atom. The Hall–Kier alpha value is -1.55. The van der Waals surface area contributed by atoms with Crippen molar-refractivity contribution in [1.29, 1.82) is 0 Å². The normalized spacial score (nSPS) is 12.0. The number of rotatable bonds is 4. The molecule has 4 nitrogen and oxygen atoms in total. The van der Waals surface area contributed by atoms with Crippen molar-refractivity contribution in [3.63, 3.8) is 0 Å². The molecule has 0 aliphatic rings. The van der Waals surface area contributed by atoms with E-state index in [1.807, 2.05) is 32.0 Å². The second-order valence-electron chi connectivity index (χ2n) is 3.71. The van der Waals surface area contributed by atoms with E-state index < -0.39 is 0 Å². The summed E-state index contributed by atoms with van der Waals surface area (Å²) in [5.41, 5.74) is 7.21. The predicted octanol–water partition coefficient (Wildman–Crippen LogP) is 1.36. The lowest BCUT2D eigenvalue weighted by atomic mass is 9.97. The maximum Gasteiger partial charge on any atom is 0.241 e. The van der Waals surface area contributed by atoms with Gasteiger partial charge in [0.1, 0.15) is 5.75 Å². The minimum absolute atomic E-state index is 0.0774. The van der Waals surface area contributed by atoms with Gasteiger partial charge in [-0.05, 0) is 19.9 Å². The van der Waals surface area contributed by atoms with Crippen LogP contribution in [0.1, 0.15) is 24.0 Å². The second-order valence-corrected chi connectivity index (χ2v) is 3.71. The number of aryl methyl sites for hydroxylation is 1. The van der Waals surface area contributed by atoms with Crippen LogP contribution in [0.4, 0.5) is 0 Å². The van der Waals surface area contributed by atoms with Crippen molar-refractivity contribution >= 4 is 5.91 Å². The molecule has 0 heterocycles. The molecule has 1 atom stereocenters. The minimum Gasteiger partial charge on any atom is -0.496 e. The zero-order chi connectivity index (χ0) is 12.1. The van der Waals surface area contributed by atoms with Crippen molar-refractivity contribution in [1.82, 2.24) is 10.9 Å². The van der Waals surface area contributed by atoms with Gasteiger partial charge >= 0.3 is 0 Å². The molecular formula is C12H18N2O2. The van der Waals surface area contributed by atoms with Crippen LogP contribution in [0.25, 0.3) is 0 Å². The molecule has 1 amide bonds. The first-order valence-corrected chi connectivity index (χ1v) is 5.21. The quantitative estimate of drug-likeness (QED) is 0.756. The minimum atomic E-state index is -0.248. The van der Waals surface area contributed by atoms with Gasteiger partial charge < -0.3 is 4.74 Å². The van der Waals surface area contributed by atoms with E-state index >= 15 is 0 Å². The van der Waals surface area contributed by atoms with Gasteiger partial charge in [-0.2, -0.15) is 0 Å². The number of nitrogens with one attached hydrogen (secondary N) is 2. The molecule has 0 aliphatic heterocycles. The Morgan fingerprint density at radius 1 is 1.44 bits per heavy atom. The number of ether oxygens (including phenoxy) is 1. The lowest BCUT2D eigenvalue weighted by Crippen LogP contribution is -2.37. The van der Waals surface area contributed by atoms with Gasteiger partial charge in [0.25, 0.3) is 0 Å². The van der Waals surface area contributed by atoms with E-state index in [0.717, 1.165) is 16.9 Å². The number of methoxy groups -OCH3 is 1. The molecule has 0 aromatic heterocycles. The Bertz CT molecular complexity index is 377. The second kappa shape index (κ2) is 5.51. The number of hydrogen-bond acceptors (Lipinski definition) is 3. The van der Waals surface area contributed by atoms with Crippen LogP contribution in [-0.2, 0) is 4.79 Å². The molecule has 1 rings (SSSR count). The molecule has 2 N–H and O–H groups in total. The molecule has 1 aromatic rings. The fraction of sp³-hybridized carbons (Fsp3) is 0.417. The number of amides is 1. The average molecular weight is 222 g/mol. The van der Waals surface area contributed by atoms with Crippen LogP contribution < -0.4 is 15.6 Å². The standard InChI is InChI=1S/C12H18N2O2/c1-8-5-6-11(16-4)10(7-8)9(2)12(15)14-13-3/h5-7,9,13H,1-4H3,(H,14,15). The van der Waals surface area contributed by atoms with E-state index in [4.69, 9.17) is 4.74 Å². The summed E-state index contributed by atoms with van der Waals surface area (Å²) in [4.78, 5) is 11.7. The third kappa shape index (κ3) is 2.73. The number of hydrogen-bond donors (Lipinski definition) is 2. The Labute approximate surface area is 96.0 Å². The van der Waals surface area contributed by atoms with Crippen molar-refractivity contribution in [2.75, 3.05) is 14.2 Å². The van der Waals surface area contributed by atoms with Crippen LogP contribution in [0.5, 0.6) is 5.75 Å². The maximum absolute atomic E-state index is 11.7. The highest BCUT2D eigenvalue weighted by atomic mass is 16.5. The van der Waals surface area contributed by atoms with Crippen molar-refractivity contribution in [2.24, 2.45) is 0 Å². The highest BCUT2D eigenvalue weighted by Crippen LogP contribution is 2.27. The van der Waals surface area contributed by atoms with Gasteiger partial charge in [-0.15, -0.1) is 0 Å². The first kappa shape index (κ1) is 12.5. The molecule has 0 spiro atoms. The van der Waals surface area contributed by atoms with Crippen molar-refractivity contribution < 1.29 is 9.53 Å². The van der Waals surface area contributed by atoms with Crippen LogP contribution in [0.3, 0.4) is 0 Å². The molecule has 1 unspecified atom stereocenters. The summed E-state index contributed by atoms with van der Waals surface area (Å²) in [5, 5.41) is 0. The largest absolute Gasteiger partial charge is 0.496 e. The first-order valence-electron chi connectivity index (χ1n) is 5.21. The summed E-state index contributed by atoms with van der Waals surface area (Å²) in [6.07, 6.45) is 0. The summed E-state index contributed by atoms with van der Waals surface area (Å²) < 4.78 is 5.25. The van der Waals surface area contributed by atoms with Gasteiger partial charge in [0.2, 0.25) is 5.91 Å². The van der Waals surface area contributed by atoms with E-state index in [9.17, 15) is 4.79 Å². The topological polar surface area (TPSA) is 50.4 Å². The monoisotopic (exact) mass is 222 g/mol. The maximum atomic E-state index is 11.7. The van der Waals surface area contributed by atoms with Crippen LogP contribution in [0.15, 0.2) is 18.2 Å². The van der Waals surface area contributed by atoms with E-state index in [1.54, 1.807) is 14.2 Å². The van der Waals surface area contributed by atoms with E-state index in [0.29, 0.717) is 0 Å². The smallest absolute Gasteiger partial charge is 0.241 e. The molecular weight excluding hydrogens is 204 g/mol. The van der Waals surface area contributed by atoms with Gasteiger partial charge in [-0.1, -0.05) is 17.7 Å². The molecule has 0 aliphatic carbocycles. The number of carbonyl (C=O) groups excluding carboxylic acids is 1. The van der Waals surface area contributed by atoms with Crippen LogP contribution >= 0.6 is 0 Å². The molecule has 0 fully saturated rings. The summed E-state index contributed by atoms with van der Waals surface area (Å²) in [7, 11) is 3.27. The van der Waals surface area contributed by atoms with Crippen LogP contribution in [0, 0.1) is 6.92 Å². The van der Waals surface area contributed by atoms with Crippen molar-refractivity contribution in [3.8, 4) is 5.75 Å². The summed E-state index contributed by atoms with van der Waals surface area (Å²) >= 11 is 0. The first-order chi connectivity index (χ1) is 7.60. The SMILES string of the molecule is CNNC(=O)C(C)c1cc(C)ccc1OC. The fourth-order valence-electron chi connectivity index (χ4n) is 1.56. The fourth-order valence-corrected chi connectivity index (χ4v) is 1.56. The summed E-state index contributed by atoms with van der Waals surface area (Å²) in [6, 6.07) is 5.82. The Kier molecular flexibility index (Phi) is 4.31. The third-order valence-corrected chi connectivity index (χ3v) is 2.49. The lowest BCUT2D eigenvalue weighted by Gasteiger charge is -2.15. The van der Waals surface area contributed by atoms with E-state index in [-0.39, 0.29) is 11.8 Å². The Balaban J connectivity index is 3.01. The molecule has 1 aromatic carbocycles. The number of hydrazine groups is 1. The zero-order valence-corrected chi connectivity index (χ0v) is 10.1. The van der Waals surface area contributed by atoms with Gasteiger partial charge in [-0.25, -0.2) is 5.43 Å². The van der Waals surface area contributed by atoms with Gasteiger partial charge in [-0.3, -0.25) is 10.2 Å². The highest BCUT2D eigenvalue weighted by molar-refractivity contribution is 5.83. The molecule has 0 bridgehead atoms. The van der Waals surface area contributed by atoms with Crippen LogP contribution in [-0.4, -0.2) is 20.1 Å². The molecule has 0 radical (unpaired) electrons. The van der Waals surface area contributed by atoms with Crippen molar-refractivity contribution in [3.05, 3.63) is 29.3 Å². The zero-order valence-electron chi connectivity index (χ0n) is 10.1.